The zero-order valence-electron chi connectivity index (χ0n) is 32.2. The highest BCUT2D eigenvalue weighted by Gasteiger charge is 2.30. The zero-order chi connectivity index (χ0) is 43.7. The van der Waals surface area contributed by atoms with Gasteiger partial charge in [-0.3, -0.25) is 40.5 Å². The van der Waals surface area contributed by atoms with Crippen LogP contribution < -0.4 is 19.1 Å². The normalized spacial score (nSPS) is 10.9. The number of methoxy groups -OCH3 is 2. The summed E-state index contributed by atoms with van der Waals surface area (Å²) in [6.45, 7) is 0. The summed E-state index contributed by atoms with van der Waals surface area (Å²) < 4.78 is 11.7. The second-order valence-electron chi connectivity index (χ2n) is 13.1. The summed E-state index contributed by atoms with van der Waals surface area (Å²) >= 11 is 0. The number of hydrogen-bond acceptors (Lipinski definition) is 14. The number of benzene rings is 6. The average molecular weight is 837 g/mol. The van der Waals surface area contributed by atoms with E-state index in [1.165, 1.54) is 106 Å². The lowest BCUT2D eigenvalue weighted by Gasteiger charge is -2.11. The summed E-state index contributed by atoms with van der Waals surface area (Å²) in [6, 6.07) is 33.2. The Labute approximate surface area is 347 Å². The first kappa shape index (κ1) is 39.5. The van der Waals surface area contributed by atoms with Crippen LogP contribution in [0.1, 0.15) is 0 Å². The van der Waals surface area contributed by atoms with E-state index < -0.39 is 19.7 Å². The van der Waals surface area contributed by atoms with Crippen molar-refractivity contribution in [3.05, 3.63) is 174 Å². The molecule has 22 heteroatoms. The van der Waals surface area contributed by atoms with Gasteiger partial charge >= 0.3 is 11.6 Å². The van der Waals surface area contributed by atoms with Crippen molar-refractivity contribution < 1.29 is 38.8 Å². The smallest absolute Gasteiger partial charge is 0.340 e. The van der Waals surface area contributed by atoms with Gasteiger partial charge in [0.25, 0.3) is 22.7 Å². The molecule has 0 aliphatic carbocycles. The van der Waals surface area contributed by atoms with E-state index in [2.05, 4.69) is 20.4 Å². The minimum atomic E-state index is -0.548. The van der Waals surface area contributed by atoms with Gasteiger partial charge in [-0.1, -0.05) is 24.3 Å². The Bertz CT molecular complexity index is 2910. The molecule has 0 saturated carbocycles. The fraction of sp³-hybridized carbons (Fsp3) is 0.0500. The average Bonchev–Trinajstić information content (AvgIpc) is 3.95. The van der Waals surface area contributed by atoms with E-state index in [1.54, 1.807) is 60.7 Å². The molecule has 306 valence electrons. The molecule has 0 N–H and O–H groups in total. The minimum Gasteiger partial charge on any atom is -0.492 e. The second kappa shape index (κ2) is 16.1. The molecule has 0 fully saturated rings. The molecule has 22 nitrogen and oxygen atoms in total. The Balaban J connectivity index is 1.23. The minimum absolute atomic E-state index is 0.0794. The largest absolute Gasteiger partial charge is 0.492 e. The predicted octanol–water partition coefficient (Wildman–Crippen LogP) is 6.05. The molecule has 0 saturated heterocycles. The Morgan fingerprint density at radius 1 is 0.452 bits per heavy atom. The number of rotatable bonds is 13. The van der Waals surface area contributed by atoms with Gasteiger partial charge in [-0.15, -0.1) is 0 Å². The van der Waals surface area contributed by atoms with Gasteiger partial charge in [-0.25, -0.2) is 0 Å². The van der Waals surface area contributed by atoms with Crippen LogP contribution in [-0.4, -0.2) is 63.9 Å². The Morgan fingerprint density at radius 2 is 0.806 bits per heavy atom. The number of nitrogens with zero attached hydrogens (tertiary/aromatic N) is 12. The molecule has 0 bridgehead atoms. The molecule has 0 aliphatic heterocycles. The van der Waals surface area contributed by atoms with Crippen LogP contribution in [0, 0.1) is 40.5 Å². The van der Waals surface area contributed by atoms with Crippen LogP contribution in [0.25, 0.3) is 56.7 Å². The van der Waals surface area contributed by atoms with Crippen LogP contribution in [0.3, 0.4) is 0 Å². The van der Waals surface area contributed by atoms with E-state index in [1.807, 2.05) is 0 Å². The van der Waals surface area contributed by atoms with E-state index in [9.17, 15) is 40.5 Å². The van der Waals surface area contributed by atoms with E-state index in [-0.39, 0.29) is 45.8 Å². The van der Waals surface area contributed by atoms with Crippen LogP contribution in [-0.2, 0) is 0 Å². The maximum Gasteiger partial charge on any atom is 0.340 e. The van der Waals surface area contributed by atoms with E-state index in [0.29, 0.717) is 45.1 Å². The summed E-state index contributed by atoms with van der Waals surface area (Å²) in [7, 11) is 2.89. The maximum atomic E-state index is 11.7. The van der Waals surface area contributed by atoms with Gasteiger partial charge in [0.15, 0.2) is 11.5 Å². The number of nitro benzene ring substituents is 4. The molecule has 2 heterocycles. The third-order valence-corrected chi connectivity index (χ3v) is 9.41. The van der Waals surface area contributed by atoms with Gasteiger partial charge in [-0.2, -0.15) is 0 Å². The number of tetrazole rings is 2. The summed E-state index contributed by atoms with van der Waals surface area (Å²) in [6.07, 6.45) is 0. The van der Waals surface area contributed by atoms with Crippen molar-refractivity contribution in [2.24, 2.45) is 0 Å². The van der Waals surface area contributed by atoms with Crippen molar-refractivity contribution in [3.63, 3.8) is 0 Å². The van der Waals surface area contributed by atoms with Crippen molar-refractivity contribution in [1.29, 1.82) is 0 Å². The molecule has 0 amide bonds. The Hall–Kier alpha value is -9.34. The SMILES string of the molecule is COc1cc(-c2ccc(-[n+]3nc(-c4cccc([N+](=O)[O-])c4)nn3-c3cccc([N+](=O)[O-])c3)c(OC)c2)ccc1-[n+]1nc(-c2cccc([N+](=O)[O-])c2)nn1-c1cccc([N+](=O)[O-])c1. The molecule has 0 radical (unpaired) electrons. The molecular formula is C40H28N12O10+2. The van der Waals surface area contributed by atoms with Crippen molar-refractivity contribution in [3.8, 4) is 68.2 Å². The monoisotopic (exact) mass is 836 g/mol. The lowest BCUT2D eigenvalue weighted by Crippen LogP contribution is -2.43. The lowest BCUT2D eigenvalue weighted by atomic mass is 10.0. The van der Waals surface area contributed by atoms with Crippen LogP contribution in [0.15, 0.2) is 133 Å². The van der Waals surface area contributed by atoms with Gasteiger partial charge in [0, 0.05) is 58.1 Å². The van der Waals surface area contributed by atoms with Gasteiger partial charge in [0.1, 0.15) is 11.4 Å². The number of non-ortho nitro benzene ring substituents is 4. The standard InChI is InChI=1S/C40H28N12O10/c1-61-37-21-25(15-17-35(37)47-43-39(27-7-3-11-31(19-27)49(53)54)41-45(47)29-9-5-13-33(23-29)51(57)58)26-16-18-36(38(22-26)62-2)48-44-40(28-8-4-12-32(20-28)50(55)56)42-46(48)30-10-6-14-34(24-30)52(59)60/h3-24H,1-2H3/q+2. The molecule has 62 heavy (non-hydrogen) atoms. The van der Waals surface area contributed by atoms with Crippen LogP contribution >= 0.6 is 0 Å². The third kappa shape index (κ3) is 7.55. The van der Waals surface area contributed by atoms with Gasteiger partial charge in [-0.05, 0) is 91.6 Å². The molecule has 0 unspecified atom stereocenters. The second-order valence-corrected chi connectivity index (χ2v) is 13.1. The summed E-state index contributed by atoms with van der Waals surface area (Å²) in [4.78, 5) is 49.7. The summed E-state index contributed by atoms with van der Waals surface area (Å²) in [5.74, 6) is 0.745. The van der Waals surface area contributed by atoms with Gasteiger partial charge < -0.3 is 9.47 Å². The number of ether oxygens (including phenoxy) is 2. The number of aromatic nitrogens is 8. The van der Waals surface area contributed by atoms with Gasteiger partial charge in [0.2, 0.25) is 11.4 Å². The van der Waals surface area contributed by atoms with Crippen LogP contribution in [0.4, 0.5) is 22.7 Å². The first-order chi connectivity index (χ1) is 29.9. The first-order valence-corrected chi connectivity index (χ1v) is 18.1. The van der Waals surface area contributed by atoms with Crippen LogP contribution in [0.5, 0.6) is 11.5 Å². The fourth-order valence-corrected chi connectivity index (χ4v) is 6.47. The topological polar surface area (TPSA) is 260 Å². The fourth-order valence-electron chi connectivity index (χ4n) is 6.47. The summed E-state index contributed by atoms with van der Waals surface area (Å²) in [5.41, 5.74) is 2.35. The third-order valence-electron chi connectivity index (χ3n) is 9.41. The highest BCUT2D eigenvalue weighted by Crippen LogP contribution is 2.33. The predicted molar refractivity (Wildman–Crippen MR) is 215 cm³/mol. The Kier molecular flexibility index (Phi) is 10.3. The van der Waals surface area contributed by atoms with Crippen molar-refractivity contribution in [2.75, 3.05) is 14.2 Å². The molecule has 0 spiro atoms. The molecule has 6 aromatic carbocycles. The highest BCUT2D eigenvalue weighted by molar-refractivity contribution is 5.70. The highest BCUT2D eigenvalue weighted by atomic mass is 16.6. The quantitative estimate of drug-likeness (QED) is 0.0727. The number of nitro groups is 4. The van der Waals surface area contributed by atoms with E-state index >= 15 is 0 Å². The maximum absolute atomic E-state index is 11.7. The van der Waals surface area contributed by atoms with E-state index in [4.69, 9.17) is 9.47 Å². The molecule has 8 aromatic rings. The Morgan fingerprint density at radius 3 is 1.16 bits per heavy atom. The first-order valence-electron chi connectivity index (χ1n) is 18.1. The molecule has 8 rings (SSSR count). The zero-order valence-corrected chi connectivity index (χ0v) is 32.2. The molecule has 0 atom stereocenters. The van der Waals surface area contributed by atoms with Crippen molar-refractivity contribution in [1.82, 2.24) is 30.0 Å². The summed E-state index contributed by atoms with van der Waals surface area (Å²) in [5, 5.41) is 65.1. The van der Waals surface area contributed by atoms with Crippen molar-refractivity contribution >= 4 is 22.7 Å². The number of hydrogen-bond donors (Lipinski definition) is 0. The molecule has 0 aliphatic rings. The van der Waals surface area contributed by atoms with Crippen LogP contribution in [0.2, 0.25) is 0 Å². The molecular weight excluding hydrogens is 809 g/mol. The van der Waals surface area contributed by atoms with Crippen molar-refractivity contribution in [2.45, 2.75) is 0 Å². The van der Waals surface area contributed by atoms with Gasteiger partial charge in [0.05, 0.1) is 55.2 Å². The molecule has 2 aromatic heterocycles. The van der Waals surface area contributed by atoms with E-state index in [0.717, 1.165) is 0 Å². The lowest BCUT2D eigenvalue weighted by molar-refractivity contribution is -0.734.